The second-order valence-electron chi connectivity index (χ2n) is 3.77. The van der Waals surface area contributed by atoms with E-state index in [4.69, 9.17) is 16.3 Å². The number of rotatable bonds is 3. The van der Waals surface area contributed by atoms with Crippen molar-refractivity contribution in [3.63, 3.8) is 0 Å². The molecule has 0 aromatic carbocycles. The van der Waals surface area contributed by atoms with Crippen LogP contribution in [0, 0.1) is 0 Å². The van der Waals surface area contributed by atoms with Crippen molar-refractivity contribution in [3.05, 3.63) is 0 Å². The molecule has 7 heteroatoms. The Kier molecular flexibility index (Phi) is 5.47. The summed E-state index contributed by atoms with van der Waals surface area (Å²) in [7, 11) is 0. The smallest absolute Gasteiger partial charge is 0.409 e. The fraction of sp³-hybridized carbons (Fsp3) is 0.800. The number of nitrogens with one attached hydrogen (secondary N) is 1. The first kappa shape index (κ1) is 14.0. The van der Waals surface area contributed by atoms with E-state index in [0.29, 0.717) is 32.5 Å². The molecule has 0 bridgehead atoms. The number of carbonyl (C=O) groups is 2. The van der Waals surface area contributed by atoms with Gasteiger partial charge in [-0.05, 0) is 19.8 Å². The standard InChI is InChI=1S/C10H16ClFN2O3/c1-2-17-10(16)14-5-3-7(4-6-14)13-9(15)8(11)12/h7-8H,2-6H2,1H3,(H,13,15). The molecule has 1 saturated heterocycles. The third-order valence-electron chi connectivity index (χ3n) is 2.57. The van der Waals surface area contributed by atoms with Crippen LogP contribution in [0.1, 0.15) is 19.8 Å². The second kappa shape index (κ2) is 6.64. The molecule has 1 N–H and O–H groups in total. The van der Waals surface area contributed by atoms with Crippen LogP contribution in [0.25, 0.3) is 0 Å². The van der Waals surface area contributed by atoms with Gasteiger partial charge in [-0.15, -0.1) is 0 Å². The van der Waals surface area contributed by atoms with Crippen LogP contribution in [0.2, 0.25) is 0 Å². The highest BCUT2D eigenvalue weighted by Gasteiger charge is 2.26. The number of hydrogen-bond acceptors (Lipinski definition) is 3. The largest absolute Gasteiger partial charge is 0.450 e. The third-order valence-corrected chi connectivity index (χ3v) is 2.76. The van der Waals surface area contributed by atoms with Crippen molar-refractivity contribution < 1.29 is 18.7 Å². The lowest BCUT2D eigenvalue weighted by Crippen LogP contribution is -2.47. The Morgan fingerprint density at radius 1 is 1.53 bits per heavy atom. The first-order valence-electron chi connectivity index (χ1n) is 5.54. The van der Waals surface area contributed by atoms with E-state index in [1.165, 1.54) is 0 Å². The van der Waals surface area contributed by atoms with Crippen LogP contribution in [0.5, 0.6) is 0 Å². The molecule has 0 saturated carbocycles. The van der Waals surface area contributed by atoms with Crippen molar-refractivity contribution >= 4 is 23.6 Å². The summed E-state index contributed by atoms with van der Waals surface area (Å²) in [5.41, 5.74) is -2.02. The minimum absolute atomic E-state index is 0.134. The molecular formula is C10H16ClFN2O3. The molecule has 0 aromatic rings. The number of hydrogen-bond donors (Lipinski definition) is 1. The van der Waals surface area contributed by atoms with Crippen LogP contribution < -0.4 is 5.32 Å². The maximum absolute atomic E-state index is 12.4. The fourth-order valence-electron chi connectivity index (χ4n) is 1.69. The normalized spacial score (nSPS) is 18.6. The average molecular weight is 267 g/mol. The Morgan fingerprint density at radius 3 is 2.59 bits per heavy atom. The number of amides is 2. The van der Waals surface area contributed by atoms with Gasteiger partial charge in [0.1, 0.15) is 0 Å². The molecule has 17 heavy (non-hydrogen) atoms. The first-order chi connectivity index (χ1) is 8.04. The summed E-state index contributed by atoms with van der Waals surface area (Å²) < 4.78 is 17.3. The van der Waals surface area contributed by atoms with E-state index >= 15 is 0 Å². The van der Waals surface area contributed by atoms with Crippen LogP contribution in [0.4, 0.5) is 9.18 Å². The highest BCUT2D eigenvalue weighted by atomic mass is 35.5. The number of piperidine rings is 1. The van der Waals surface area contributed by atoms with E-state index < -0.39 is 11.5 Å². The van der Waals surface area contributed by atoms with Crippen LogP contribution in [0.3, 0.4) is 0 Å². The molecule has 1 aliphatic rings. The van der Waals surface area contributed by atoms with Gasteiger partial charge in [-0.3, -0.25) is 4.79 Å². The van der Waals surface area contributed by atoms with Gasteiger partial charge >= 0.3 is 6.09 Å². The van der Waals surface area contributed by atoms with E-state index in [1.54, 1.807) is 11.8 Å². The molecule has 0 aliphatic carbocycles. The van der Waals surface area contributed by atoms with Crippen molar-refractivity contribution in [2.24, 2.45) is 0 Å². The molecule has 1 atom stereocenters. The molecular weight excluding hydrogens is 251 g/mol. The molecule has 1 aliphatic heterocycles. The topological polar surface area (TPSA) is 58.6 Å². The summed E-state index contributed by atoms with van der Waals surface area (Å²) >= 11 is 5.00. The molecule has 0 radical (unpaired) electrons. The summed E-state index contributed by atoms with van der Waals surface area (Å²) in [5.74, 6) is -0.818. The molecule has 1 rings (SSSR count). The van der Waals surface area contributed by atoms with E-state index in [-0.39, 0.29) is 12.1 Å². The average Bonchev–Trinajstić information content (AvgIpc) is 2.30. The maximum atomic E-state index is 12.4. The number of nitrogens with zero attached hydrogens (tertiary/aromatic N) is 1. The van der Waals surface area contributed by atoms with E-state index in [9.17, 15) is 14.0 Å². The molecule has 0 aromatic heterocycles. The number of ether oxygens (including phenoxy) is 1. The number of likely N-dealkylation sites (tertiary alicyclic amines) is 1. The van der Waals surface area contributed by atoms with Gasteiger partial charge in [0.05, 0.1) is 6.61 Å². The monoisotopic (exact) mass is 266 g/mol. The molecule has 1 fully saturated rings. The summed E-state index contributed by atoms with van der Waals surface area (Å²) in [4.78, 5) is 23.9. The van der Waals surface area contributed by atoms with E-state index in [1.807, 2.05) is 0 Å². The molecule has 1 unspecified atom stereocenters. The summed E-state index contributed by atoms with van der Waals surface area (Å²) in [6.07, 6.45) is 0.806. The zero-order valence-electron chi connectivity index (χ0n) is 9.62. The minimum atomic E-state index is -2.02. The van der Waals surface area contributed by atoms with Crippen molar-refractivity contribution in [3.8, 4) is 0 Å². The number of carbonyl (C=O) groups excluding carboxylic acids is 2. The fourth-order valence-corrected chi connectivity index (χ4v) is 1.75. The van der Waals surface area contributed by atoms with Gasteiger partial charge in [-0.2, -0.15) is 0 Å². The molecule has 2 amide bonds. The Morgan fingerprint density at radius 2 is 2.12 bits per heavy atom. The van der Waals surface area contributed by atoms with Gasteiger partial charge in [0.2, 0.25) is 0 Å². The maximum Gasteiger partial charge on any atom is 0.409 e. The predicted molar refractivity (Wildman–Crippen MR) is 60.5 cm³/mol. The second-order valence-corrected chi connectivity index (χ2v) is 4.15. The van der Waals surface area contributed by atoms with Gasteiger partial charge in [0.15, 0.2) is 0 Å². The van der Waals surface area contributed by atoms with Gasteiger partial charge < -0.3 is 15.0 Å². The zero-order chi connectivity index (χ0) is 12.8. The minimum Gasteiger partial charge on any atom is -0.450 e. The lowest BCUT2D eigenvalue weighted by atomic mass is 10.1. The van der Waals surface area contributed by atoms with Gasteiger partial charge in [-0.1, -0.05) is 11.6 Å². The first-order valence-corrected chi connectivity index (χ1v) is 5.98. The lowest BCUT2D eigenvalue weighted by Gasteiger charge is -2.31. The Balaban J connectivity index is 2.31. The van der Waals surface area contributed by atoms with Crippen molar-refractivity contribution in [1.29, 1.82) is 0 Å². The third kappa shape index (κ3) is 4.38. The van der Waals surface area contributed by atoms with Crippen molar-refractivity contribution in [2.45, 2.75) is 31.4 Å². The molecule has 1 heterocycles. The highest BCUT2D eigenvalue weighted by Crippen LogP contribution is 2.12. The van der Waals surface area contributed by atoms with Crippen molar-refractivity contribution in [2.75, 3.05) is 19.7 Å². The predicted octanol–water partition coefficient (Wildman–Crippen LogP) is 1.26. The quantitative estimate of drug-likeness (QED) is 0.783. The van der Waals surface area contributed by atoms with Crippen molar-refractivity contribution in [1.82, 2.24) is 10.2 Å². The Hall–Kier alpha value is -1.04. The van der Waals surface area contributed by atoms with Gasteiger partial charge in [0, 0.05) is 19.1 Å². The SMILES string of the molecule is CCOC(=O)N1CCC(NC(=O)C(F)Cl)CC1. The van der Waals surface area contributed by atoms with Gasteiger partial charge in [0.25, 0.3) is 11.5 Å². The molecule has 5 nitrogen and oxygen atoms in total. The Bertz CT molecular complexity index is 281. The highest BCUT2D eigenvalue weighted by molar-refractivity contribution is 6.29. The van der Waals surface area contributed by atoms with E-state index in [0.717, 1.165) is 0 Å². The lowest BCUT2D eigenvalue weighted by molar-refractivity contribution is -0.124. The van der Waals surface area contributed by atoms with Gasteiger partial charge in [-0.25, -0.2) is 9.18 Å². The summed E-state index contributed by atoms with van der Waals surface area (Å²) in [6, 6.07) is -0.134. The van der Waals surface area contributed by atoms with E-state index in [2.05, 4.69) is 5.32 Å². The summed E-state index contributed by atoms with van der Waals surface area (Å²) in [6.45, 7) is 3.06. The van der Waals surface area contributed by atoms with Crippen LogP contribution >= 0.6 is 11.6 Å². The number of halogens is 2. The zero-order valence-corrected chi connectivity index (χ0v) is 10.4. The van der Waals surface area contributed by atoms with Crippen LogP contribution in [0.15, 0.2) is 0 Å². The molecule has 98 valence electrons. The van der Waals surface area contributed by atoms with Crippen LogP contribution in [-0.4, -0.2) is 48.3 Å². The summed E-state index contributed by atoms with van der Waals surface area (Å²) in [5, 5.41) is 2.49. The van der Waals surface area contributed by atoms with Crippen LogP contribution in [-0.2, 0) is 9.53 Å². The number of alkyl halides is 2. The Labute approximate surface area is 104 Å². The molecule has 0 spiro atoms.